The van der Waals surface area contributed by atoms with Gasteiger partial charge in [-0.05, 0) is 24.3 Å². The number of hydrogen-bond acceptors (Lipinski definition) is 10. The highest BCUT2D eigenvalue weighted by atomic mass is 16.9. The van der Waals surface area contributed by atoms with Crippen LogP contribution in [0.25, 0.3) is 22.1 Å². The predicted octanol–water partition coefficient (Wildman–Crippen LogP) is 0.851. The summed E-state index contributed by atoms with van der Waals surface area (Å²) < 4.78 is 9.26. The number of aromatic amines is 4. The first-order valence-electron chi connectivity index (χ1n) is 9.70. The van der Waals surface area contributed by atoms with Crippen LogP contribution in [0.15, 0.2) is 36.4 Å². The molecule has 0 fully saturated rings. The Morgan fingerprint density at radius 3 is 1.30 bits per heavy atom. The Labute approximate surface area is 207 Å². The third-order valence-corrected chi connectivity index (χ3v) is 4.17. The summed E-state index contributed by atoms with van der Waals surface area (Å²) in [7, 11) is 2.75. The summed E-state index contributed by atoms with van der Waals surface area (Å²) in [6, 6.07) is 10.7. The molecule has 0 saturated heterocycles. The van der Waals surface area contributed by atoms with E-state index in [-0.39, 0.29) is 17.4 Å². The van der Waals surface area contributed by atoms with Gasteiger partial charge < -0.3 is 45.6 Å². The first-order valence-corrected chi connectivity index (χ1v) is 9.70. The molecule has 4 aromatic rings. The SMILES string of the molecule is COC(=O)c1ccc2[nH+]c(C)[nH]c2c1.COC(=O)c1ccc2[nH+]c(C)[nH]c2c1.O.O=[N+]([O-])[O-].O=[N+]([O-])[O-]. The highest BCUT2D eigenvalue weighted by Gasteiger charge is 2.12. The number of hydrogen-bond donors (Lipinski definition) is 2. The van der Waals surface area contributed by atoms with E-state index < -0.39 is 10.2 Å². The van der Waals surface area contributed by atoms with Crippen LogP contribution in [0.3, 0.4) is 0 Å². The van der Waals surface area contributed by atoms with Gasteiger partial charge >= 0.3 is 11.9 Å². The number of aryl methyl sites for hydroxylation is 2. The number of carbonyl (C=O) groups excluding carboxylic acids is 2. The lowest BCUT2D eigenvalue weighted by Gasteiger charge is -1.95. The number of nitrogens with one attached hydrogen (secondary N) is 4. The first-order chi connectivity index (χ1) is 16.9. The van der Waals surface area contributed by atoms with Gasteiger partial charge in [-0.25, -0.2) is 29.5 Å². The third-order valence-electron chi connectivity index (χ3n) is 4.17. The van der Waals surface area contributed by atoms with Gasteiger partial charge in [0, 0.05) is 26.0 Å². The number of rotatable bonds is 2. The molecule has 0 bridgehead atoms. The average Bonchev–Trinajstić information content (AvgIpc) is 3.36. The Kier molecular flexibility index (Phi) is 12.7. The number of carbonyl (C=O) groups is 2. The van der Waals surface area contributed by atoms with E-state index in [9.17, 15) is 9.59 Å². The molecule has 0 aliphatic heterocycles. The van der Waals surface area contributed by atoms with Crippen LogP contribution in [-0.4, -0.2) is 51.8 Å². The second-order valence-electron chi connectivity index (χ2n) is 6.70. The number of imidazole rings is 2. The minimum absolute atomic E-state index is 0. The third kappa shape index (κ3) is 10.6. The zero-order chi connectivity index (χ0) is 27.4. The highest BCUT2D eigenvalue weighted by Crippen LogP contribution is 2.12. The molecule has 0 aliphatic carbocycles. The topological polar surface area (TPSA) is 276 Å². The molecule has 2 heterocycles. The molecule has 0 spiro atoms. The lowest BCUT2D eigenvalue weighted by atomic mass is 10.2. The predicted molar refractivity (Wildman–Crippen MR) is 126 cm³/mol. The van der Waals surface area contributed by atoms with Gasteiger partial charge in [-0.2, -0.15) is 0 Å². The summed E-state index contributed by atoms with van der Waals surface area (Å²) in [5.41, 5.74) is 4.88. The molecule has 17 nitrogen and oxygen atoms in total. The molecule has 200 valence electrons. The summed E-state index contributed by atoms with van der Waals surface area (Å²) in [5.74, 6) is 1.28. The van der Waals surface area contributed by atoms with Gasteiger partial charge in [-0.3, -0.25) is 0 Å². The van der Waals surface area contributed by atoms with Crippen LogP contribution in [0.1, 0.15) is 32.4 Å². The van der Waals surface area contributed by atoms with E-state index in [1.807, 2.05) is 26.0 Å². The van der Waals surface area contributed by atoms with Crippen molar-refractivity contribution < 1.29 is 44.7 Å². The van der Waals surface area contributed by atoms with Gasteiger partial charge in [0.05, 0.1) is 35.5 Å². The fourth-order valence-electron chi connectivity index (χ4n) is 2.87. The van der Waals surface area contributed by atoms with Crippen LogP contribution < -0.4 is 9.97 Å². The van der Waals surface area contributed by atoms with Gasteiger partial charge in [0.25, 0.3) is 0 Å². The number of esters is 2. The van der Waals surface area contributed by atoms with Crippen molar-refractivity contribution in [3.63, 3.8) is 0 Å². The summed E-state index contributed by atoms with van der Waals surface area (Å²) in [6.45, 7) is 3.86. The number of benzene rings is 2. The van der Waals surface area contributed by atoms with Crippen LogP contribution in [0.4, 0.5) is 0 Å². The van der Waals surface area contributed by atoms with E-state index in [1.54, 1.807) is 24.3 Å². The Balaban J connectivity index is 0.000000535. The van der Waals surface area contributed by atoms with Gasteiger partial charge in [-0.15, -0.1) is 0 Å². The number of nitrogens with zero attached hydrogens (tertiary/aromatic N) is 2. The standard InChI is InChI=1S/2C10H10N2O2.2NO3.H2O/c2*1-6-11-8-4-3-7(10(13)14-2)5-9(8)12-6;2*2-1(3)4;/h2*3-5H,1-2H3,(H,11,12);;;1H2/q;;2*-1;/p+2. The minimum Gasteiger partial charge on any atom is -0.465 e. The monoisotopic (exact) mass is 524 g/mol. The molecule has 17 heteroatoms. The smallest absolute Gasteiger partial charge is 0.338 e. The molecule has 0 aliphatic rings. The molecule has 37 heavy (non-hydrogen) atoms. The Bertz CT molecular complexity index is 1250. The minimum atomic E-state index is -1.75. The van der Waals surface area contributed by atoms with Gasteiger partial charge in [0.15, 0.2) is 22.1 Å². The van der Waals surface area contributed by atoms with E-state index in [1.165, 1.54) is 14.2 Å². The van der Waals surface area contributed by atoms with Crippen LogP contribution in [-0.2, 0) is 9.47 Å². The number of ether oxygens (including phenoxy) is 2. The average molecular weight is 524 g/mol. The molecule has 2 aromatic carbocycles. The largest absolute Gasteiger partial charge is 0.465 e. The maximum atomic E-state index is 11.2. The van der Waals surface area contributed by atoms with Crippen LogP contribution in [0, 0.1) is 44.5 Å². The molecule has 6 N–H and O–H groups in total. The van der Waals surface area contributed by atoms with Gasteiger partial charge in [0.2, 0.25) is 11.6 Å². The van der Waals surface area contributed by atoms with E-state index >= 15 is 0 Å². The summed E-state index contributed by atoms with van der Waals surface area (Å²) in [6.07, 6.45) is 0. The summed E-state index contributed by atoms with van der Waals surface area (Å²) >= 11 is 0. The van der Waals surface area contributed by atoms with Gasteiger partial charge in [0.1, 0.15) is 0 Å². The zero-order valence-corrected chi connectivity index (χ0v) is 19.9. The molecular formula is C20H24N6O11. The fraction of sp³-hybridized carbons (Fsp3) is 0.200. The van der Waals surface area contributed by atoms with E-state index in [4.69, 9.17) is 30.6 Å². The summed E-state index contributed by atoms with van der Waals surface area (Å²) in [4.78, 5) is 51.4. The Morgan fingerprint density at radius 1 is 0.730 bits per heavy atom. The maximum Gasteiger partial charge on any atom is 0.338 e. The first kappa shape index (κ1) is 31.7. The molecule has 0 saturated carbocycles. The molecule has 2 aromatic heterocycles. The highest BCUT2D eigenvalue weighted by molar-refractivity contribution is 5.93. The summed E-state index contributed by atoms with van der Waals surface area (Å²) in [5, 5.41) is 29.5. The van der Waals surface area contributed by atoms with Gasteiger partial charge in [-0.1, -0.05) is 0 Å². The van der Waals surface area contributed by atoms with Crippen molar-refractivity contribution in [2.75, 3.05) is 14.2 Å². The fourth-order valence-corrected chi connectivity index (χ4v) is 2.87. The van der Waals surface area contributed by atoms with E-state index in [2.05, 4.69) is 29.4 Å². The lowest BCUT2D eigenvalue weighted by Crippen LogP contribution is -2.03. The second kappa shape index (κ2) is 14.8. The zero-order valence-electron chi connectivity index (χ0n) is 19.9. The van der Waals surface area contributed by atoms with Crippen molar-refractivity contribution in [1.29, 1.82) is 0 Å². The van der Waals surface area contributed by atoms with Crippen molar-refractivity contribution in [3.05, 3.63) is 89.8 Å². The van der Waals surface area contributed by atoms with E-state index in [0.29, 0.717) is 11.1 Å². The number of methoxy groups -OCH3 is 2. The van der Waals surface area contributed by atoms with Crippen molar-refractivity contribution in [1.82, 2.24) is 9.97 Å². The maximum absolute atomic E-state index is 11.2. The van der Waals surface area contributed by atoms with Crippen molar-refractivity contribution >= 4 is 34.0 Å². The van der Waals surface area contributed by atoms with Crippen LogP contribution in [0.2, 0.25) is 0 Å². The molecule has 0 unspecified atom stereocenters. The molecule has 0 amide bonds. The molecular weight excluding hydrogens is 500 g/mol. The number of aromatic nitrogens is 4. The quantitative estimate of drug-likeness (QED) is 0.212. The molecule has 0 atom stereocenters. The van der Waals surface area contributed by atoms with Crippen molar-refractivity contribution in [3.8, 4) is 0 Å². The number of H-pyrrole nitrogens is 4. The number of fused-ring (bicyclic) bond motifs is 2. The molecule has 0 radical (unpaired) electrons. The second-order valence-corrected chi connectivity index (χ2v) is 6.70. The Hall–Kier alpha value is -5.32. The van der Waals surface area contributed by atoms with Crippen molar-refractivity contribution in [2.45, 2.75) is 13.8 Å². The molecule has 4 rings (SSSR count). The van der Waals surface area contributed by atoms with E-state index in [0.717, 1.165) is 33.7 Å². The van der Waals surface area contributed by atoms with Crippen LogP contribution in [0.5, 0.6) is 0 Å². The van der Waals surface area contributed by atoms with Crippen LogP contribution >= 0.6 is 0 Å². The Morgan fingerprint density at radius 2 is 1.03 bits per heavy atom. The lowest BCUT2D eigenvalue weighted by molar-refractivity contribution is -0.403. The van der Waals surface area contributed by atoms with Crippen molar-refractivity contribution in [2.24, 2.45) is 0 Å². The normalized spacial score (nSPS) is 9.19.